The van der Waals surface area contributed by atoms with E-state index >= 15 is 0 Å². The fourth-order valence-electron chi connectivity index (χ4n) is 1.40. The predicted octanol–water partition coefficient (Wildman–Crippen LogP) is 2.50. The van der Waals surface area contributed by atoms with E-state index < -0.39 is 10.8 Å². The van der Waals surface area contributed by atoms with E-state index in [9.17, 15) is 14.9 Å². The summed E-state index contributed by atoms with van der Waals surface area (Å²) in [7, 11) is 0. The van der Waals surface area contributed by atoms with Gasteiger partial charge in [-0.3, -0.25) is 20.2 Å². The lowest BCUT2D eigenvalue weighted by Gasteiger charge is -2.03. The number of carbonyl (C=O) groups is 1. The molecule has 1 N–H and O–H groups in total. The van der Waals surface area contributed by atoms with Crippen LogP contribution in [0.15, 0.2) is 16.8 Å². The summed E-state index contributed by atoms with van der Waals surface area (Å²) in [4.78, 5) is 25.6. The number of hydrogen-bond donors (Lipinski definition) is 1. The van der Waals surface area contributed by atoms with Crippen LogP contribution in [-0.2, 0) is 0 Å². The molecular formula is C11H9ClN4O4. The number of hydrogen-bond acceptors (Lipinski definition) is 6. The smallest absolute Gasteiger partial charge is 0.288 e. The Balaban J connectivity index is 2.31. The molecule has 0 saturated heterocycles. The quantitative estimate of drug-likeness (QED) is 0.529. The van der Waals surface area contributed by atoms with E-state index in [0.717, 1.165) is 12.3 Å². The first-order valence-electron chi connectivity index (χ1n) is 5.44. The largest absolute Gasteiger partial charge is 0.338 e. The van der Waals surface area contributed by atoms with Crippen molar-refractivity contribution in [2.24, 2.45) is 0 Å². The zero-order valence-electron chi connectivity index (χ0n) is 10.5. The fourth-order valence-corrected chi connectivity index (χ4v) is 1.59. The molecule has 0 aliphatic carbocycles. The van der Waals surface area contributed by atoms with Gasteiger partial charge in [-0.15, -0.1) is 0 Å². The average molecular weight is 297 g/mol. The molecule has 9 heteroatoms. The highest BCUT2D eigenvalue weighted by molar-refractivity contribution is 6.33. The van der Waals surface area contributed by atoms with Crippen molar-refractivity contribution in [1.29, 1.82) is 0 Å². The number of aromatic nitrogens is 2. The van der Waals surface area contributed by atoms with E-state index in [1.807, 2.05) is 0 Å². The normalized spacial score (nSPS) is 10.3. The molecule has 0 atom stereocenters. The third-order valence-electron chi connectivity index (χ3n) is 2.66. The number of nitrogens with one attached hydrogen (secondary N) is 1. The number of carbonyl (C=O) groups excluding carboxylic acids is 1. The molecule has 20 heavy (non-hydrogen) atoms. The number of halogens is 1. The fraction of sp³-hybridized carbons (Fsp3) is 0.182. The van der Waals surface area contributed by atoms with Gasteiger partial charge in [-0.05, 0) is 13.8 Å². The number of nitrogens with zero attached hydrogens (tertiary/aromatic N) is 3. The summed E-state index contributed by atoms with van der Waals surface area (Å²) in [6.45, 7) is 3.44. The van der Waals surface area contributed by atoms with Crippen LogP contribution in [0.1, 0.15) is 21.6 Å². The number of aryl methyl sites for hydroxylation is 1. The standard InChI is InChI=1S/C11H9ClN4O4/c1-5-6(2)15-20-11(5)14-10(17)8-3-7(16(18)19)4-13-9(8)12/h3-4H,1-2H3,(H,14,17). The van der Waals surface area contributed by atoms with Gasteiger partial charge in [-0.1, -0.05) is 16.8 Å². The Labute approximate surface area is 117 Å². The van der Waals surface area contributed by atoms with Crippen molar-refractivity contribution in [3.8, 4) is 0 Å². The van der Waals surface area contributed by atoms with Crippen LogP contribution < -0.4 is 5.32 Å². The first-order chi connectivity index (χ1) is 9.40. The minimum atomic E-state index is -0.663. The van der Waals surface area contributed by atoms with Crippen LogP contribution in [0.2, 0.25) is 5.15 Å². The Morgan fingerprint density at radius 3 is 2.75 bits per heavy atom. The topological polar surface area (TPSA) is 111 Å². The van der Waals surface area contributed by atoms with Crippen LogP contribution in [0.4, 0.5) is 11.6 Å². The van der Waals surface area contributed by atoms with E-state index in [-0.39, 0.29) is 22.3 Å². The lowest BCUT2D eigenvalue weighted by Crippen LogP contribution is -2.13. The molecule has 2 aromatic heterocycles. The number of amides is 1. The molecule has 104 valence electrons. The summed E-state index contributed by atoms with van der Waals surface area (Å²) >= 11 is 5.77. The highest BCUT2D eigenvalue weighted by Gasteiger charge is 2.19. The second-order valence-electron chi connectivity index (χ2n) is 3.97. The summed E-state index contributed by atoms with van der Waals surface area (Å²) in [6.07, 6.45) is 0.975. The van der Waals surface area contributed by atoms with Crippen molar-refractivity contribution in [1.82, 2.24) is 10.1 Å². The SMILES string of the molecule is Cc1noc(NC(=O)c2cc([N+](=O)[O-])cnc2Cl)c1C. The Kier molecular flexibility index (Phi) is 3.66. The Morgan fingerprint density at radius 2 is 2.20 bits per heavy atom. The molecule has 8 nitrogen and oxygen atoms in total. The van der Waals surface area contributed by atoms with Gasteiger partial charge in [-0.2, -0.15) is 0 Å². The lowest BCUT2D eigenvalue weighted by molar-refractivity contribution is -0.385. The zero-order chi connectivity index (χ0) is 14.9. The maximum Gasteiger partial charge on any atom is 0.288 e. The molecule has 0 aliphatic heterocycles. The van der Waals surface area contributed by atoms with Crippen molar-refractivity contribution in [3.63, 3.8) is 0 Å². The first-order valence-corrected chi connectivity index (χ1v) is 5.82. The van der Waals surface area contributed by atoms with Gasteiger partial charge in [0.1, 0.15) is 11.3 Å². The molecule has 0 radical (unpaired) electrons. The molecule has 0 fully saturated rings. The highest BCUT2D eigenvalue weighted by Crippen LogP contribution is 2.22. The predicted molar refractivity (Wildman–Crippen MR) is 69.8 cm³/mol. The zero-order valence-corrected chi connectivity index (χ0v) is 11.3. The maximum absolute atomic E-state index is 12.0. The average Bonchev–Trinajstić information content (AvgIpc) is 2.71. The molecular weight excluding hydrogens is 288 g/mol. The molecule has 2 aromatic rings. The van der Waals surface area contributed by atoms with Gasteiger partial charge in [0.05, 0.1) is 16.2 Å². The molecule has 0 aromatic carbocycles. The van der Waals surface area contributed by atoms with Crippen LogP contribution in [0, 0.1) is 24.0 Å². The van der Waals surface area contributed by atoms with Gasteiger partial charge in [0.25, 0.3) is 11.6 Å². The summed E-state index contributed by atoms with van der Waals surface area (Å²) in [5, 5.41) is 16.7. The van der Waals surface area contributed by atoms with Gasteiger partial charge < -0.3 is 4.52 Å². The Hall–Kier alpha value is -2.48. The third kappa shape index (κ3) is 2.59. The van der Waals surface area contributed by atoms with Crippen LogP contribution in [0.3, 0.4) is 0 Å². The molecule has 0 saturated carbocycles. The first kappa shape index (κ1) is 13.9. The van der Waals surface area contributed by atoms with Crippen LogP contribution in [0.5, 0.6) is 0 Å². The molecule has 0 aliphatic rings. The van der Waals surface area contributed by atoms with Gasteiger partial charge in [0, 0.05) is 11.6 Å². The second-order valence-corrected chi connectivity index (χ2v) is 4.32. The minimum Gasteiger partial charge on any atom is -0.338 e. The number of rotatable bonds is 3. The van der Waals surface area contributed by atoms with Gasteiger partial charge in [-0.25, -0.2) is 4.98 Å². The van der Waals surface area contributed by atoms with Gasteiger partial charge in [0.2, 0.25) is 5.88 Å². The Bertz CT molecular complexity index is 698. The number of nitro groups is 1. The molecule has 1 amide bonds. The monoisotopic (exact) mass is 296 g/mol. The summed E-state index contributed by atoms with van der Waals surface area (Å²) in [6, 6.07) is 1.04. The molecule has 0 spiro atoms. The summed E-state index contributed by atoms with van der Waals surface area (Å²) < 4.78 is 4.93. The molecule has 2 rings (SSSR count). The molecule has 0 bridgehead atoms. The Morgan fingerprint density at radius 1 is 1.50 bits per heavy atom. The molecule has 2 heterocycles. The van der Waals surface area contributed by atoms with Gasteiger partial charge in [0.15, 0.2) is 0 Å². The second kappa shape index (κ2) is 5.25. The van der Waals surface area contributed by atoms with E-state index in [1.165, 1.54) is 0 Å². The van der Waals surface area contributed by atoms with Crippen molar-refractivity contribution in [2.45, 2.75) is 13.8 Å². The van der Waals surface area contributed by atoms with E-state index in [2.05, 4.69) is 15.5 Å². The highest BCUT2D eigenvalue weighted by atomic mass is 35.5. The minimum absolute atomic E-state index is 0.116. The van der Waals surface area contributed by atoms with Crippen molar-refractivity contribution in [3.05, 3.63) is 44.4 Å². The third-order valence-corrected chi connectivity index (χ3v) is 2.97. The number of anilines is 1. The van der Waals surface area contributed by atoms with Crippen LogP contribution in [0.25, 0.3) is 0 Å². The number of pyridine rings is 1. The van der Waals surface area contributed by atoms with Crippen LogP contribution >= 0.6 is 11.6 Å². The van der Waals surface area contributed by atoms with E-state index in [4.69, 9.17) is 16.1 Å². The lowest BCUT2D eigenvalue weighted by atomic mass is 10.2. The van der Waals surface area contributed by atoms with Gasteiger partial charge >= 0.3 is 0 Å². The van der Waals surface area contributed by atoms with Crippen molar-refractivity contribution >= 4 is 29.1 Å². The van der Waals surface area contributed by atoms with Crippen molar-refractivity contribution < 1.29 is 14.2 Å². The molecule has 0 unspecified atom stereocenters. The van der Waals surface area contributed by atoms with E-state index in [1.54, 1.807) is 13.8 Å². The van der Waals surface area contributed by atoms with Crippen LogP contribution in [-0.4, -0.2) is 21.0 Å². The van der Waals surface area contributed by atoms with Crippen molar-refractivity contribution in [2.75, 3.05) is 5.32 Å². The summed E-state index contributed by atoms with van der Waals surface area (Å²) in [5.41, 5.74) is 0.843. The summed E-state index contributed by atoms with van der Waals surface area (Å²) in [5.74, 6) is -0.500. The maximum atomic E-state index is 12.0. The van der Waals surface area contributed by atoms with E-state index in [0.29, 0.717) is 11.3 Å².